The third kappa shape index (κ3) is 1.79. The zero-order chi connectivity index (χ0) is 10.8. The van der Waals surface area contributed by atoms with Crippen LogP contribution in [0.15, 0.2) is 12.1 Å². The molecule has 3 heteroatoms. The van der Waals surface area contributed by atoms with Gasteiger partial charge in [-0.25, -0.2) is 0 Å². The average molecular weight is 207 g/mol. The summed E-state index contributed by atoms with van der Waals surface area (Å²) in [4.78, 5) is 0. The van der Waals surface area contributed by atoms with Crippen LogP contribution in [0.1, 0.15) is 30.5 Å². The molecule has 0 fully saturated rings. The van der Waals surface area contributed by atoms with Crippen LogP contribution in [-0.4, -0.2) is 18.8 Å². The minimum atomic E-state index is 0.244. The van der Waals surface area contributed by atoms with Crippen molar-refractivity contribution in [2.45, 2.75) is 25.8 Å². The Balaban J connectivity index is 2.46. The van der Waals surface area contributed by atoms with Gasteiger partial charge in [-0.3, -0.25) is 0 Å². The molecule has 0 saturated carbocycles. The molecule has 1 heterocycles. The summed E-state index contributed by atoms with van der Waals surface area (Å²) in [5, 5.41) is 13.1. The molecule has 1 unspecified atom stereocenters. The molecule has 1 aliphatic rings. The molecule has 1 atom stereocenters. The summed E-state index contributed by atoms with van der Waals surface area (Å²) in [6.07, 6.45) is 2.03. The Morgan fingerprint density at radius 1 is 1.53 bits per heavy atom. The van der Waals surface area contributed by atoms with E-state index in [1.54, 1.807) is 7.11 Å². The highest BCUT2D eigenvalue weighted by Gasteiger charge is 2.20. The lowest BCUT2D eigenvalue weighted by atomic mass is 9.92. The van der Waals surface area contributed by atoms with Crippen molar-refractivity contribution in [3.63, 3.8) is 0 Å². The van der Waals surface area contributed by atoms with Crippen molar-refractivity contribution in [3.8, 4) is 11.5 Å². The Morgan fingerprint density at radius 2 is 2.33 bits per heavy atom. The molecule has 1 aliphatic heterocycles. The molecule has 2 N–H and O–H groups in total. The van der Waals surface area contributed by atoms with Crippen molar-refractivity contribution >= 4 is 0 Å². The molecule has 15 heavy (non-hydrogen) atoms. The Kier molecular flexibility index (Phi) is 2.82. The fourth-order valence-electron chi connectivity index (χ4n) is 2.19. The number of phenolic OH excluding ortho intramolecular Hbond substituents is 1. The molecule has 0 saturated heterocycles. The maximum absolute atomic E-state index is 9.68. The van der Waals surface area contributed by atoms with E-state index in [0.717, 1.165) is 19.4 Å². The molecule has 2 rings (SSSR count). The van der Waals surface area contributed by atoms with Gasteiger partial charge in [0.1, 0.15) is 0 Å². The van der Waals surface area contributed by atoms with Gasteiger partial charge in [0.05, 0.1) is 7.11 Å². The predicted molar refractivity (Wildman–Crippen MR) is 59.4 cm³/mol. The molecule has 3 nitrogen and oxygen atoms in total. The van der Waals surface area contributed by atoms with Gasteiger partial charge in [0, 0.05) is 6.04 Å². The van der Waals surface area contributed by atoms with E-state index in [1.165, 1.54) is 11.1 Å². The number of rotatable bonds is 2. The smallest absolute Gasteiger partial charge is 0.160 e. The van der Waals surface area contributed by atoms with Gasteiger partial charge in [0.2, 0.25) is 0 Å². The lowest BCUT2D eigenvalue weighted by Gasteiger charge is -2.26. The first-order valence-electron chi connectivity index (χ1n) is 5.39. The zero-order valence-electron chi connectivity index (χ0n) is 9.21. The number of phenols is 1. The molecule has 0 bridgehead atoms. The summed E-state index contributed by atoms with van der Waals surface area (Å²) in [6.45, 7) is 3.14. The van der Waals surface area contributed by atoms with Crippen molar-refractivity contribution in [1.82, 2.24) is 5.32 Å². The number of hydrogen-bond acceptors (Lipinski definition) is 3. The van der Waals surface area contributed by atoms with Crippen LogP contribution in [0, 0.1) is 0 Å². The highest BCUT2D eigenvalue weighted by atomic mass is 16.5. The van der Waals surface area contributed by atoms with E-state index < -0.39 is 0 Å². The van der Waals surface area contributed by atoms with Crippen LogP contribution in [0.25, 0.3) is 0 Å². The van der Waals surface area contributed by atoms with Crippen LogP contribution in [0.5, 0.6) is 11.5 Å². The van der Waals surface area contributed by atoms with Gasteiger partial charge in [-0.15, -0.1) is 0 Å². The van der Waals surface area contributed by atoms with E-state index >= 15 is 0 Å². The van der Waals surface area contributed by atoms with Crippen LogP contribution in [0.2, 0.25) is 0 Å². The van der Waals surface area contributed by atoms with Crippen molar-refractivity contribution in [2.24, 2.45) is 0 Å². The van der Waals surface area contributed by atoms with Gasteiger partial charge in [0.25, 0.3) is 0 Å². The SMILES string of the molecule is CCC1NCCc2cc(O)c(OC)cc21. The highest BCUT2D eigenvalue weighted by molar-refractivity contribution is 5.48. The lowest BCUT2D eigenvalue weighted by Crippen LogP contribution is -2.29. The number of benzene rings is 1. The molecule has 1 aromatic rings. The quantitative estimate of drug-likeness (QED) is 0.779. The number of aromatic hydroxyl groups is 1. The first-order valence-corrected chi connectivity index (χ1v) is 5.39. The fourth-order valence-corrected chi connectivity index (χ4v) is 2.19. The third-order valence-electron chi connectivity index (χ3n) is 3.01. The van der Waals surface area contributed by atoms with E-state index in [9.17, 15) is 5.11 Å². The third-order valence-corrected chi connectivity index (χ3v) is 3.01. The Hall–Kier alpha value is -1.22. The lowest BCUT2D eigenvalue weighted by molar-refractivity contribution is 0.369. The van der Waals surface area contributed by atoms with Gasteiger partial charge in [-0.2, -0.15) is 0 Å². The van der Waals surface area contributed by atoms with E-state index in [4.69, 9.17) is 4.74 Å². The van der Waals surface area contributed by atoms with Crippen LogP contribution in [0.4, 0.5) is 0 Å². The van der Waals surface area contributed by atoms with E-state index in [2.05, 4.69) is 12.2 Å². The van der Waals surface area contributed by atoms with Gasteiger partial charge >= 0.3 is 0 Å². The minimum Gasteiger partial charge on any atom is -0.504 e. The summed E-state index contributed by atoms with van der Waals surface area (Å²) >= 11 is 0. The summed E-state index contributed by atoms with van der Waals surface area (Å²) in [5.74, 6) is 0.809. The summed E-state index contributed by atoms with van der Waals surface area (Å²) in [5.41, 5.74) is 2.50. The van der Waals surface area contributed by atoms with E-state index in [-0.39, 0.29) is 5.75 Å². The molecule has 1 aromatic carbocycles. The number of hydrogen-bond donors (Lipinski definition) is 2. The van der Waals surface area contributed by atoms with Gasteiger partial charge in [-0.05, 0) is 42.6 Å². The van der Waals surface area contributed by atoms with Crippen molar-refractivity contribution in [1.29, 1.82) is 0 Å². The first-order chi connectivity index (χ1) is 7.26. The van der Waals surface area contributed by atoms with Gasteiger partial charge < -0.3 is 15.2 Å². The second-order valence-electron chi connectivity index (χ2n) is 3.89. The number of ether oxygens (including phenoxy) is 1. The van der Waals surface area contributed by atoms with Gasteiger partial charge in [-0.1, -0.05) is 6.92 Å². The second kappa shape index (κ2) is 4.11. The average Bonchev–Trinajstić information content (AvgIpc) is 2.27. The van der Waals surface area contributed by atoms with E-state index in [0.29, 0.717) is 11.8 Å². The van der Waals surface area contributed by atoms with Crippen molar-refractivity contribution in [2.75, 3.05) is 13.7 Å². The van der Waals surface area contributed by atoms with Crippen molar-refractivity contribution in [3.05, 3.63) is 23.3 Å². The molecule has 0 spiro atoms. The van der Waals surface area contributed by atoms with Crippen LogP contribution in [-0.2, 0) is 6.42 Å². The largest absolute Gasteiger partial charge is 0.504 e. The number of nitrogens with one attached hydrogen (secondary N) is 1. The van der Waals surface area contributed by atoms with E-state index in [1.807, 2.05) is 12.1 Å². The predicted octanol–water partition coefficient (Wildman–Crippen LogP) is 2.00. The summed E-state index contributed by atoms with van der Waals surface area (Å²) in [6, 6.07) is 4.17. The van der Waals surface area contributed by atoms with Crippen molar-refractivity contribution < 1.29 is 9.84 Å². The monoisotopic (exact) mass is 207 g/mol. The Bertz CT molecular complexity index is 363. The normalized spacial score (nSPS) is 19.7. The van der Waals surface area contributed by atoms with Crippen LogP contribution >= 0.6 is 0 Å². The molecule has 0 aliphatic carbocycles. The molecule has 82 valence electrons. The Labute approximate surface area is 90.1 Å². The topological polar surface area (TPSA) is 41.5 Å². The number of methoxy groups -OCH3 is 1. The molecule has 0 radical (unpaired) electrons. The standard InChI is InChI=1S/C12H17NO2/c1-3-10-9-7-12(15-2)11(14)6-8(9)4-5-13-10/h6-7,10,13-14H,3-5H2,1-2H3. The fraction of sp³-hybridized carbons (Fsp3) is 0.500. The number of fused-ring (bicyclic) bond motifs is 1. The maximum atomic E-state index is 9.68. The molecular formula is C12H17NO2. The molecule has 0 amide bonds. The second-order valence-corrected chi connectivity index (χ2v) is 3.89. The highest BCUT2D eigenvalue weighted by Crippen LogP contribution is 2.35. The van der Waals surface area contributed by atoms with Gasteiger partial charge in [0.15, 0.2) is 11.5 Å². The Morgan fingerprint density at radius 3 is 3.00 bits per heavy atom. The summed E-state index contributed by atoms with van der Waals surface area (Å²) in [7, 11) is 1.58. The molecular weight excluding hydrogens is 190 g/mol. The first kappa shape index (κ1) is 10.3. The van der Waals surface area contributed by atoms with Crippen LogP contribution in [0.3, 0.4) is 0 Å². The maximum Gasteiger partial charge on any atom is 0.160 e. The van der Waals surface area contributed by atoms with Crippen LogP contribution < -0.4 is 10.1 Å². The molecule has 0 aromatic heterocycles. The minimum absolute atomic E-state index is 0.244. The summed E-state index contributed by atoms with van der Waals surface area (Å²) < 4.78 is 5.13. The zero-order valence-corrected chi connectivity index (χ0v) is 9.21.